The first-order chi connectivity index (χ1) is 12.2. The minimum atomic E-state index is -1.73. The zero-order chi connectivity index (χ0) is 18.7. The van der Waals surface area contributed by atoms with Crippen LogP contribution in [0.25, 0.3) is 5.52 Å². The number of carbonyl (C=O) groups excluding carboxylic acids is 1. The van der Waals surface area contributed by atoms with Crippen LogP contribution in [0.3, 0.4) is 0 Å². The number of amides is 1. The van der Waals surface area contributed by atoms with E-state index in [1.807, 2.05) is 20.8 Å². The van der Waals surface area contributed by atoms with Gasteiger partial charge in [0.05, 0.1) is 6.10 Å². The standard InChI is InChI=1S/C17H22N4O5/c1-5-11-13-14(26-16(3,4)25-13)17(23,24-11)12-7-6-10-15(20-9(2)22)18-8-19-21(10)12/h6-8,11,13-14,23H,5H2,1-4H3,(H,18,19,20,22)/t11-,13?,14+,17?/m1/s1. The van der Waals surface area contributed by atoms with Gasteiger partial charge in [-0.1, -0.05) is 6.92 Å². The molecule has 4 rings (SSSR count). The molecule has 0 bridgehead atoms. The average Bonchev–Trinajstić information content (AvgIpc) is 3.19. The highest BCUT2D eigenvalue weighted by Crippen LogP contribution is 2.48. The predicted octanol–water partition coefficient (Wildman–Crippen LogP) is 1.16. The SMILES string of the molecule is CC[C@H]1OC(O)(c2ccc3c(NC(C)=O)ncnn23)[C@H]2OC(C)(C)OC12. The van der Waals surface area contributed by atoms with E-state index >= 15 is 0 Å². The van der Waals surface area contributed by atoms with Crippen molar-refractivity contribution in [2.45, 2.75) is 64.0 Å². The van der Waals surface area contributed by atoms with Crippen LogP contribution in [0.1, 0.15) is 39.8 Å². The Morgan fingerprint density at radius 1 is 1.35 bits per heavy atom. The van der Waals surface area contributed by atoms with E-state index in [0.717, 1.165) is 0 Å². The topological polar surface area (TPSA) is 107 Å². The van der Waals surface area contributed by atoms with Crippen LogP contribution in [0.15, 0.2) is 18.5 Å². The summed E-state index contributed by atoms with van der Waals surface area (Å²) in [5, 5.41) is 18.3. The minimum absolute atomic E-state index is 0.246. The largest absolute Gasteiger partial charge is 0.359 e. The Kier molecular flexibility index (Phi) is 3.81. The van der Waals surface area contributed by atoms with Crippen molar-refractivity contribution in [3.63, 3.8) is 0 Å². The van der Waals surface area contributed by atoms with E-state index in [1.54, 1.807) is 12.1 Å². The number of fused-ring (bicyclic) bond motifs is 2. The normalized spacial score (nSPS) is 32.7. The molecule has 2 aromatic heterocycles. The molecule has 0 radical (unpaired) electrons. The van der Waals surface area contributed by atoms with Gasteiger partial charge in [0.2, 0.25) is 11.7 Å². The van der Waals surface area contributed by atoms with E-state index in [4.69, 9.17) is 14.2 Å². The highest BCUT2D eigenvalue weighted by Gasteiger charge is 2.63. The second-order valence-corrected chi connectivity index (χ2v) is 7.09. The summed E-state index contributed by atoms with van der Waals surface area (Å²) in [7, 11) is 0. The number of ether oxygens (including phenoxy) is 3. The van der Waals surface area contributed by atoms with Crippen LogP contribution in [-0.2, 0) is 24.8 Å². The third-order valence-corrected chi connectivity index (χ3v) is 4.73. The summed E-state index contributed by atoms with van der Waals surface area (Å²) in [4.78, 5) is 15.5. The first-order valence-corrected chi connectivity index (χ1v) is 8.62. The van der Waals surface area contributed by atoms with Gasteiger partial charge < -0.3 is 24.6 Å². The highest BCUT2D eigenvalue weighted by molar-refractivity contribution is 5.91. The van der Waals surface area contributed by atoms with Crippen LogP contribution in [0, 0.1) is 0 Å². The molecule has 2 N–H and O–H groups in total. The van der Waals surface area contributed by atoms with E-state index in [0.29, 0.717) is 23.4 Å². The summed E-state index contributed by atoms with van der Waals surface area (Å²) >= 11 is 0. The molecule has 2 aliphatic rings. The second kappa shape index (κ2) is 5.71. The summed E-state index contributed by atoms with van der Waals surface area (Å²) in [5.41, 5.74) is 0.943. The number of nitrogens with one attached hydrogen (secondary N) is 1. The monoisotopic (exact) mass is 362 g/mol. The number of hydrogen-bond acceptors (Lipinski definition) is 7. The summed E-state index contributed by atoms with van der Waals surface area (Å²) < 4.78 is 19.4. The van der Waals surface area contributed by atoms with Crippen LogP contribution >= 0.6 is 0 Å². The number of hydrogen-bond donors (Lipinski definition) is 2. The Morgan fingerprint density at radius 2 is 2.12 bits per heavy atom. The Labute approximate surface area is 150 Å². The summed E-state index contributed by atoms with van der Waals surface area (Å²) in [6.45, 7) is 6.99. The van der Waals surface area contributed by atoms with E-state index < -0.39 is 17.7 Å². The van der Waals surface area contributed by atoms with E-state index in [1.165, 1.54) is 17.8 Å². The second-order valence-electron chi connectivity index (χ2n) is 7.09. The quantitative estimate of drug-likeness (QED) is 0.844. The van der Waals surface area contributed by atoms with Crippen molar-refractivity contribution in [3.8, 4) is 0 Å². The lowest BCUT2D eigenvalue weighted by molar-refractivity contribution is -0.283. The molecule has 26 heavy (non-hydrogen) atoms. The zero-order valence-corrected chi connectivity index (χ0v) is 15.1. The molecule has 9 nitrogen and oxygen atoms in total. The summed E-state index contributed by atoms with van der Waals surface area (Å²) in [6.07, 6.45) is 0.583. The molecule has 0 saturated carbocycles. The molecule has 2 aliphatic heterocycles. The minimum Gasteiger partial charge on any atom is -0.359 e. The molecular formula is C17H22N4O5. The Morgan fingerprint density at radius 3 is 2.81 bits per heavy atom. The van der Waals surface area contributed by atoms with Crippen LogP contribution in [0.4, 0.5) is 5.82 Å². The lowest BCUT2D eigenvalue weighted by Crippen LogP contribution is -2.41. The van der Waals surface area contributed by atoms with Gasteiger partial charge in [0.25, 0.3) is 0 Å². The first kappa shape index (κ1) is 17.3. The van der Waals surface area contributed by atoms with Crippen molar-refractivity contribution in [3.05, 3.63) is 24.2 Å². The zero-order valence-electron chi connectivity index (χ0n) is 15.1. The first-order valence-electron chi connectivity index (χ1n) is 8.62. The fourth-order valence-electron chi connectivity index (χ4n) is 3.72. The molecule has 9 heteroatoms. The summed E-state index contributed by atoms with van der Waals surface area (Å²) in [6, 6.07) is 3.41. The van der Waals surface area contributed by atoms with Gasteiger partial charge in [0, 0.05) is 6.92 Å². The molecule has 1 amide bonds. The number of anilines is 1. The fourth-order valence-corrected chi connectivity index (χ4v) is 3.72. The van der Waals surface area contributed by atoms with Gasteiger partial charge in [-0.25, -0.2) is 9.50 Å². The predicted molar refractivity (Wildman–Crippen MR) is 90.2 cm³/mol. The maximum Gasteiger partial charge on any atom is 0.240 e. The fraction of sp³-hybridized carbons (Fsp3) is 0.588. The van der Waals surface area contributed by atoms with Crippen LogP contribution in [0.2, 0.25) is 0 Å². The van der Waals surface area contributed by atoms with Crippen LogP contribution in [0.5, 0.6) is 0 Å². The molecule has 2 unspecified atom stereocenters. The van der Waals surface area contributed by atoms with Gasteiger partial charge >= 0.3 is 0 Å². The van der Waals surface area contributed by atoms with Gasteiger partial charge in [0.15, 0.2) is 11.6 Å². The molecular weight excluding hydrogens is 340 g/mol. The Bertz CT molecular complexity index is 866. The summed E-state index contributed by atoms with van der Waals surface area (Å²) in [5.74, 6) is -2.44. The van der Waals surface area contributed by atoms with Crippen molar-refractivity contribution >= 4 is 17.2 Å². The smallest absolute Gasteiger partial charge is 0.240 e. The number of nitrogens with zero attached hydrogens (tertiary/aromatic N) is 3. The number of aliphatic hydroxyl groups is 1. The number of carbonyl (C=O) groups is 1. The maximum absolute atomic E-state index is 11.4. The van der Waals surface area contributed by atoms with Gasteiger partial charge in [-0.2, -0.15) is 5.10 Å². The highest BCUT2D eigenvalue weighted by atomic mass is 16.8. The van der Waals surface area contributed by atoms with Gasteiger partial charge in [-0.15, -0.1) is 0 Å². The third kappa shape index (κ3) is 2.50. The van der Waals surface area contributed by atoms with Crippen molar-refractivity contribution in [1.29, 1.82) is 0 Å². The lowest BCUT2D eigenvalue weighted by atomic mass is 10.0. The Balaban J connectivity index is 1.80. The maximum atomic E-state index is 11.4. The molecule has 4 atom stereocenters. The molecule has 2 fully saturated rings. The van der Waals surface area contributed by atoms with Crippen LogP contribution in [-0.4, -0.2) is 49.7 Å². The third-order valence-electron chi connectivity index (χ3n) is 4.73. The number of rotatable bonds is 3. The molecule has 0 aromatic carbocycles. The lowest BCUT2D eigenvalue weighted by Gasteiger charge is -2.29. The van der Waals surface area contributed by atoms with Gasteiger partial charge in [-0.05, 0) is 32.4 Å². The molecule has 0 aliphatic carbocycles. The Hall–Kier alpha value is -2.07. The van der Waals surface area contributed by atoms with Gasteiger partial charge in [0.1, 0.15) is 29.7 Å². The van der Waals surface area contributed by atoms with Gasteiger partial charge in [-0.3, -0.25) is 4.79 Å². The van der Waals surface area contributed by atoms with Crippen molar-refractivity contribution in [2.24, 2.45) is 0 Å². The molecule has 140 valence electrons. The van der Waals surface area contributed by atoms with E-state index in [-0.39, 0.29) is 18.1 Å². The van der Waals surface area contributed by atoms with Crippen molar-refractivity contribution in [1.82, 2.24) is 14.6 Å². The molecule has 2 aromatic rings. The average molecular weight is 362 g/mol. The molecule has 4 heterocycles. The van der Waals surface area contributed by atoms with Crippen molar-refractivity contribution < 1.29 is 24.1 Å². The number of aromatic nitrogens is 3. The molecule has 0 spiro atoms. The van der Waals surface area contributed by atoms with Crippen LogP contribution < -0.4 is 5.32 Å². The van der Waals surface area contributed by atoms with E-state index in [9.17, 15) is 9.90 Å². The van der Waals surface area contributed by atoms with Crippen molar-refractivity contribution in [2.75, 3.05) is 5.32 Å². The van der Waals surface area contributed by atoms with E-state index in [2.05, 4.69) is 15.4 Å². The molecule has 2 saturated heterocycles.